The van der Waals surface area contributed by atoms with E-state index in [0.717, 1.165) is 5.56 Å². The average Bonchev–Trinajstić information content (AvgIpc) is 3.24. The van der Waals surface area contributed by atoms with Crippen LogP contribution in [0, 0.1) is 5.92 Å². The molecule has 0 radical (unpaired) electrons. The second-order valence-corrected chi connectivity index (χ2v) is 10.0. The highest BCUT2D eigenvalue weighted by molar-refractivity contribution is 6.31. The lowest BCUT2D eigenvalue weighted by atomic mass is 9.85. The van der Waals surface area contributed by atoms with Crippen LogP contribution in [0.5, 0.6) is 0 Å². The molecule has 1 fully saturated rings. The minimum absolute atomic E-state index is 0.299. The molecule has 1 amide bonds. The van der Waals surface area contributed by atoms with Gasteiger partial charge in [-0.3, -0.25) is 14.6 Å². The number of likely N-dealkylation sites (tertiary alicyclic amines) is 1. The molecule has 2 aliphatic heterocycles. The van der Waals surface area contributed by atoms with Crippen LogP contribution in [0.3, 0.4) is 0 Å². The number of nitrogens with two attached hydrogens (primary N) is 1. The van der Waals surface area contributed by atoms with Gasteiger partial charge in [-0.2, -0.15) is 5.90 Å². The summed E-state index contributed by atoms with van der Waals surface area (Å²) in [5.41, 5.74) is 1.75. The van der Waals surface area contributed by atoms with E-state index < -0.39 is 29.8 Å². The first-order valence-corrected chi connectivity index (χ1v) is 11.5. The van der Waals surface area contributed by atoms with Crippen molar-refractivity contribution in [2.75, 3.05) is 13.7 Å². The number of hydrogen-bond acceptors (Lipinski definition) is 7. The summed E-state index contributed by atoms with van der Waals surface area (Å²) in [5.74, 6) is 2.55. The summed E-state index contributed by atoms with van der Waals surface area (Å²) in [6, 6.07) is 6.42. The monoisotopic (exact) mass is 489 g/mol. The lowest BCUT2D eigenvalue weighted by Gasteiger charge is -2.38. The number of esters is 1. The van der Waals surface area contributed by atoms with Gasteiger partial charge in [-0.15, -0.1) is 0 Å². The van der Waals surface area contributed by atoms with Gasteiger partial charge in [0.25, 0.3) is 0 Å². The SMILES string of the molecule is COC(=O)C1=C(C)N(C(=O)C2CCN(C(C)(C)C)C2C(=O)ON)C(C)=CC1c1ccccc1Cl. The molecule has 2 heterocycles. The standard InChI is InChI=1S/C25H32ClN3O5/c1-14-13-18(16-9-7-8-10-19(16)26)20(23(31)33-6)15(2)29(14)22(30)17-11-12-28(25(3,4)5)21(17)24(32)34-27/h7-10,13,17-18,21H,11-12,27H2,1-6H3. The first-order chi connectivity index (χ1) is 15.9. The predicted octanol–water partition coefficient (Wildman–Crippen LogP) is 3.52. The third kappa shape index (κ3) is 4.62. The molecule has 184 valence electrons. The van der Waals surface area contributed by atoms with Gasteiger partial charge in [0.1, 0.15) is 6.04 Å². The van der Waals surface area contributed by atoms with E-state index in [0.29, 0.717) is 35.0 Å². The van der Waals surface area contributed by atoms with Crippen LogP contribution in [-0.4, -0.2) is 52.9 Å². The quantitative estimate of drug-likeness (QED) is 0.510. The molecular weight excluding hydrogens is 458 g/mol. The van der Waals surface area contributed by atoms with Gasteiger partial charge in [0, 0.05) is 34.4 Å². The molecule has 34 heavy (non-hydrogen) atoms. The van der Waals surface area contributed by atoms with Crippen molar-refractivity contribution in [2.45, 2.75) is 58.5 Å². The number of carbonyl (C=O) groups is 3. The van der Waals surface area contributed by atoms with E-state index in [1.165, 1.54) is 12.0 Å². The first-order valence-electron chi connectivity index (χ1n) is 11.2. The molecule has 8 nitrogen and oxygen atoms in total. The summed E-state index contributed by atoms with van der Waals surface area (Å²) in [6.07, 6.45) is 2.28. The number of ether oxygens (including phenoxy) is 1. The highest BCUT2D eigenvalue weighted by Gasteiger charge is 2.50. The highest BCUT2D eigenvalue weighted by atomic mass is 35.5. The van der Waals surface area contributed by atoms with Crippen molar-refractivity contribution in [3.8, 4) is 0 Å². The molecule has 2 N–H and O–H groups in total. The fourth-order valence-electron chi connectivity index (χ4n) is 5.04. The Labute approximate surface area is 205 Å². The molecule has 3 rings (SSSR count). The Bertz CT molecular complexity index is 1060. The van der Waals surface area contributed by atoms with Crippen molar-refractivity contribution < 1.29 is 24.0 Å². The smallest absolute Gasteiger partial charge is 0.342 e. The van der Waals surface area contributed by atoms with Crippen molar-refractivity contribution >= 4 is 29.4 Å². The number of nitrogens with zero attached hydrogens (tertiary/aromatic N) is 2. The Hall–Kier alpha value is -2.68. The van der Waals surface area contributed by atoms with E-state index in [9.17, 15) is 14.4 Å². The Morgan fingerprint density at radius 2 is 1.79 bits per heavy atom. The maximum Gasteiger partial charge on any atom is 0.342 e. The van der Waals surface area contributed by atoms with Gasteiger partial charge in [0.15, 0.2) is 0 Å². The molecule has 1 aromatic carbocycles. The molecule has 3 unspecified atom stereocenters. The zero-order valence-corrected chi connectivity index (χ0v) is 21.2. The second-order valence-electron chi connectivity index (χ2n) is 9.61. The summed E-state index contributed by atoms with van der Waals surface area (Å²) < 4.78 is 5.07. The van der Waals surface area contributed by atoms with Crippen LogP contribution < -0.4 is 5.90 Å². The fraction of sp³-hybridized carbons (Fsp3) is 0.480. The number of carbonyl (C=O) groups excluding carboxylic acids is 3. The van der Waals surface area contributed by atoms with E-state index >= 15 is 0 Å². The summed E-state index contributed by atoms with van der Waals surface area (Å²) in [7, 11) is 1.30. The van der Waals surface area contributed by atoms with Crippen LogP contribution in [0.2, 0.25) is 5.02 Å². The van der Waals surface area contributed by atoms with E-state index in [2.05, 4.69) is 4.84 Å². The van der Waals surface area contributed by atoms with Crippen molar-refractivity contribution in [2.24, 2.45) is 11.8 Å². The van der Waals surface area contributed by atoms with Crippen LogP contribution in [-0.2, 0) is 24.0 Å². The average molecular weight is 490 g/mol. The van der Waals surface area contributed by atoms with Crippen LogP contribution in [0.4, 0.5) is 0 Å². The molecule has 9 heteroatoms. The summed E-state index contributed by atoms with van der Waals surface area (Å²) in [6.45, 7) is 9.95. The van der Waals surface area contributed by atoms with E-state index in [-0.39, 0.29) is 11.4 Å². The van der Waals surface area contributed by atoms with Crippen molar-refractivity contribution in [1.82, 2.24) is 9.80 Å². The summed E-state index contributed by atoms with van der Waals surface area (Å²) in [5, 5.41) is 0.507. The molecule has 1 saturated heterocycles. The van der Waals surface area contributed by atoms with Gasteiger partial charge in [-0.05, 0) is 52.7 Å². The van der Waals surface area contributed by atoms with E-state index in [4.69, 9.17) is 22.2 Å². The minimum Gasteiger partial charge on any atom is -0.466 e. The second kappa shape index (κ2) is 9.90. The molecule has 0 bridgehead atoms. The third-order valence-corrected chi connectivity index (χ3v) is 6.94. The number of benzene rings is 1. The summed E-state index contributed by atoms with van der Waals surface area (Å²) >= 11 is 6.44. The zero-order chi connectivity index (χ0) is 25.4. The van der Waals surface area contributed by atoms with Crippen LogP contribution in [0.1, 0.15) is 52.5 Å². The zero-order valence-electron chi connectivity index (χ0n) is 20.4. The van der Waals surface area contributed by atoms with Crippen LogP contribution in [0.25, 0.3) is 0 Å². The maximum atomic E-state index is 13.9. The molecule has 0 saturated carbocycles. The van der Waals surface area contributed by atoms with Gasteiger partial charge in [-0.1, -0.05) is 35.9 Å². The molecule has 1 aromatic rings. The van der Waals surface area contributed by atoms with Gasteiger partial charge in [-0.25, -0.2) is 9.59 Å². The lowest BCUT2D eigenvalue weighted by molar-refractivity contribution is -0.156. The van der Waals surface area contributed by atoms with Gasteiger partial charge in [0.05, 0.1) is 18.6 Å². The van der Waals surface area contributed by atoms with Gasteiger partial charge in [0.2, 0.25) is 5.91 Å². The topological polar surface area (TPSA) is 102 Å². The van der Waals surface area contributed by atoms with Crippen molar-refractivity contribution in [1.29, 1.82) is 0 Å². The molecular formula is C25H32ClN3O5. The first kappa shape index (κ1) is 25.9. The number of hydrogen-bond donors (Lipinski definition) is 1. The number of halogens is 1. The Kier molecular flexibility index (Phi) is 7.55. The van der Waals surface area contributed by atoms with Crippen LogP contribution in [0.15, 0.2) is 47.3 Å². The molecule has 0 aromatic heterocycles. The molecule has 0 aliphatic carbocycles. The van der Waals surface area contributed by atoms with Crippen molar-refractivity contribution in [3.63, 3.8) is 0 Å². The Morgan fingerprint density at radius 1 is 1.15 bits per heavy atom. The third-order valence-electron chi connectivity index (χ3n) is 6.60. The normalized spacial score (nSPS) is 23.6. The summed E-state index contributed by atoms with van der Waals surface area (Å²) in [4.78, 5) is 47.4. The number of methoxy groups -OCH3 is 1. The highest BCUT2D eigenvalue weighted by Crippen LogP contribution is 2.41. The predicted molar refractivity (Wildman–Crippen MR) is 128 cm³/mol. The van der Waals surface area contributed by atoms with E-state index in [1.807, 2.05) is 49.9 Å². The maximum absolute atomic E-state index is 13.9. The fourth-order valence-corrected chi connectivity index (χ4v) is 5.29. The molecule has 3 atom stereocenters. The lowest BCUT2D eigenvalue weighted by Crippen LogP contribution is -2.53. The Balaban J connectivity index is 2.07. The van der Waals surface area contributed by atoms with Gasteiger partial charge < -0.3 is 9.57 Å². The van der Waals surface area contributed by atoms with Gasteiger partial charge >= 0.3 is 11.9 Å². The molecule has 2 aliphatic rings. The number of allylic oxidation sites excluding steroid dienone is 3. The van der Waals surface area contributed by atoms with Crippen LogP contribution >= 0.6 is 11.6 Å². The Morgan fingerprint density at radius 3 is 2.35 bits per heavy atom. The largest absolute Gasteiger partial charge is 0.466 e. The van der Waals surface area contributed by atoms with E-state index in [1.54, 1.807) is 19.9 Å². The minimum atomic E-state index is -0.832. The number of rotatable bonds is 4. The van der Waals surface area contributed by atoms with Crippen molar-refractivity contribution in [3.05, 3.63) is 57.9 Å². The number of amides is 1. The molecule has 0 spiro atoms.